The number of hydrogen-bond donors (Lipinski definition) is 1. The zero-order valence-corrected chi connectivity index (χ0v) is 11.7. The first kappa shape index (κ1) is 13.1. The summed E-state index contributed by atoms with van der Waals surface area (Å²) in [7, 11) is 0. The zero-order valence-electron chi connectivity index (χ0n) is 11.7. The molecule has 2 fully saturated rings. The maximum absolute atomic E-state index is 12.6. The van der Waals surface area contributed by atoms with E-state index in [0.717, 1.165) is 4.90 Å². The first-order valence-corrected chi connectivity index (χ1v) is 7.15. The SMILES string of the molecule is N#Cc1ccc(N2C(=O)C3C(O)CCN3C2=O)c2c1OCC2. The van der Waals surface area contributed by atoms with Crippen molar-refractivity contribution in [2.45, 2.75) is 25.0 Å². The Morgan fingerprint density at radius 1 is 1.36 bits per heavy atom. The second kappa shape index (κ2) is 4.45. The number of fused-ring (bicyclic) bond motifs is 2. The lowest BCUT2D eigenvalue weighted by atomic mass is 10.0. The second-order valence-corrected chi connectivity index (χ2v) is 5.60. The Hall–Kier alpha value is -2.59. The molecule has 1 aromatic carbocycles. The first-order valence-electron chi connectivity index (χ1n) is 7.15. The monoisotopic (exact) mass is 299 g/mol. The highest BCUT2D eigenvalue weighted by Gasteiger charge is 2.53. The van der Waals surface area contributed by atoms with Gasteiger partial charge in [-0.05, 0) is 18.6 Å². The van der Waals surface area contributed by atoms with Crippen LogP contribution in [-0.4, -0.2) is 47.2 Å². The number of nitrogens with zero attached hydrogens (tertiary/aromatic N) is 3. The summed E-state index contributed by atoms with van der Waals surface area (Å²) in [5, 5.41) is 19.0. The highest BCUT2D eigenvalue weighted by Crippen LogP contribution is 2.40. The van der Waals surface area contributed by atoms with Gasteiger partial charge in [-0.2, -0.15) is 5.26 Å². The largest absolute Gasteiger partial charge is 0.491 e. The fraction of sp³-hybridized carbons (Fsp3) is 0.400. The van der Waals surface area contributed by atoms with E-state index in [2.05, 4.69) is 6.07 Å². The number of carbonyl (C=O) groups is 2. The van der Waals surface area contributed by atoms with E-state index >= 15 is 0 Å². The van der Waals surface area contributed by atoms with Gasteiger partial charge in [0.25, 0.3) is 5.91 Å². The molecule has 3 amide bonds. The second-order valence-electron chi connectivity index (χ2n) is 5.60. The molecule has 22 heavy (non-hydrogen) atoms. The lowest BCUT2D eigenvalue weighted by Crippen LogP contribution is -2.36. The lowest BCUT2D eigenvalue weighted by molar-refractivity contribution is -0.121. The average molecular weight is 299 g/mol. The van der Waals surface area contributed by atoms with Gasteiger partial charge in [0.2, 0.25) is 0 Å². The minimum absolute atomic E-state index is 0.377. The van der Waals surface area contributed by atoms with E-state index in [1.165, 1.54) is 4.90 Å². The molecule has 0 spiro atoms. The van der Waals surface area contributed by atoms with Gasteiger partial charge in [0.1, 0.15) is 17.9 Å². The van der Waals surface area contributed by atoms with Crippen molar-refractivity contribution in [2.75, 3.05) is 18.1 Å². The van der Waals surface area contributed by atoms with E-state index < -0.39 is 24.1 Å². The Bertz CT molecular complexity index is 739. The Labute approximate surface area is 126 Å². The van der Waals surface area contributed by atoms with Crippen LogP contribution in [0.15, 0.2) is 12.1 Å². The van der Waals surface area contributed by atoms with Gasteiger partial charge in [0.15, 0.2) is 0 Å². The number of rotatable bonds is 1. The van der Waals surface area contributed by atoms with Crippen LogP contribution >= 0.6 is 0 Å². The van der Waals surface area contributed by atoms with Gasteiger partial charge >= 0.3 is 6.03 Å². The number of aliphatic hydroxyl groups is 1. The maximum Gasteiger partial charge on any atom is 0.332 e. The summed E-state index contributed by atoms with van der Waals surface area (Å²) in [6.07, 6.45) is 0.152. The standard InChI is InChI=1S/C15H13N3O4/c16-7-8-1-2-10(9-4-6-22-13(8)9)18-14(20)12-11(19)3-5-17(12)15(18)21/h1-2,11-12,19H,3-6H2. The van der Waals surface area contributed by atoms with Gasteiger partial charge in [0.05, 0.1) is 24.0 Å². The van der Waals surface area contributed by atoms with Crippen LogP contribution in [0.3, 0.4) is 0 Å². The predicted molar refractivity (Wildman–Crippen MR) is 74.4 cm³/mol. The Morgan fingerprint density at radius 2 is 2.18 bits per heavy atom. The molecular formula is C15H13N3O4. The van der Waals surface area contributed by atoms with Gasteiger partial charge in [-0.3, -0.25) is 4.79 Å². The molecule has 1 N–H and O–H groups in total. The molecule has 7 heteroatoms. The van der Waals surface area contributed by atoms with Crippen molar-refractivity contribution in [2.24, 2.45) is 0 Å². The van der Waals surface area contributed by atoms with Gasteiger partial charge in [0, 0.05) is 18.5 Å². The molecule has 4 rings (SSSR count). The van der Waals surface area contributed by atoms with E-state index in [-0.39, 0.29) is 0 Å². The number of imide groups is 1. The average Bonchev–Trinajstić information content (AvgIpc) is 3.18. The summed E-state index contributed by atoms with van der Waals surface area (Å²) in [6, 6.07) is 4.01. The number of amides is 3. The van der Waals surface area contributed by atoms with Crippen LogP contribution in [0.5, 0.6) is 5.75 Å². The number of hydrogen-bond acceptors (Lipinski definition) is 5. The van der Waals surface area contributed by atoms with Crippen molar-refractivity contribution in [3.05, 3.63) is 23.3 Å². The molecule has 0 saturated carbocycles. The van der Waals surface area contributed by atoms with Crippen LogP contribution in [-0.2, 0) is 11.2 Å². The third-order valence-corrected chi connectivity index (χ3v) is 4.47. The van der Waals surface area contributed by atoms with Crippen LogP contribution in [0.1, 0.15) is 17.5 Å². The number of aliphatic hydroxyl groups excluding tert-OH is 1. The fourth-order valence-corrected chi connectivity index (χ4v) is 3.44. The summed E-state index contributed by atoms with van der Waals surface area (Å²) in [4.78, 5) is 27.6. The minimum atomic E-state index is -0.816. The fourth-order valence-electron chi connectivity index (χ4n) is 3.44. The molecule has 2 unspecified atom stereocenters. The molecule has 2 saturated heterocycles. The summed E-state index contributed by atoms with van der Waals surface area (Å²) in [5.41, 5.74) is 1.57. The number of nitriles is 1. The van der Waals surface area contributed by atoms with Crippen molar-refractivity contribution in [3.63, 3.8) is 0 Å². The van der Waals surface area contributed by atoms with Crippen LogP contribution < -0.4 is 9.64 Å². The molecular weight excluding hydrogens is 286 g/mol. The molecule has 112 valence electrons. The van der Waals surface area contributed by atoms with Crippen molar-refractivity contribution in [1.29, 1.82) is 5.26 Å². The summed E-state index contributed by atoms with van der Waals surface area (Å²) >= 11 is 0. The molecule has 3 heterocycles. The Balaban J connectivity index is 1.81. The maximum atomic E-state index is 12.6. The summed E-state index contributed by atoms with van der Waals surface area (Å²) < 4.78 is 5.47. The molecule has 7 nitrogen and oxygen atoms in total. The van der Waals surface area contributed by atoms with E-state index in [1.807, 2.05) is 0 Å². The third-order valence-electron chi connectivity index (χ3n) is 4.47. The Kier molecular flexibility index (Phi) is 2.65. The number of ether oxygens (including phenoxy) is 1. The smallest absolute Gasteiger partial charge is 0.332 e. The molecule has 0 bridgehead atoms. The van der Waals surface area contributed by atoms with Crippen LogP contribution in [0.25, 0.3) is 0 Å². The minimum Gasteiger partial charge on any atom is -0.491 e. The molecule has 3 aliphatic rings. The van der Waals surface area contributed by atoms with E-state index in [9.17, 15) is 14.7 Å². The number of urea groups is 1. The van der Waals surface area contributed by atoms with Crippen LogP contribution in [0.4, 0.5) is 10.5 Å². The number of carbonyl (C=O) groups excluding carboxylic acids is 2. The van der Waals surface area contributed by atoms with Gasteiger partial charge in [-0.15, -0.1) is 0 Å². The van der Waals surface area contributed by atoms with E-state index in [0.29, 0.717) is 48.6 Å². The number of anilines is 1. The third kappa shape index (κ3) is 1.53. The molecule has 1 aromatic rings. The highest BCUT2D eigenvalue weighted by atomic mass is 16.5. The molecule has 0 aliphatic carbocycles. The summed E-state index contributed by atoms with van der Waals surface area (Å²) in [5.74, 6) is 0.0435. The van der Waals surface area contributed by atoms with Crippen LogP contribution in [0, 0.1) is 11.3 Å². The van der Waals surface area contributed by atoms with Gasteiger partial charge in [-0.1, -0.05) is 0 Å². The zero-order chi connectivity index (χ0) is 15.4. The number of benzene rings is 1. The van der Waals surface area contributed by atoms with Crippen molar-refractivity contribution >= 4 is 17.6 Å². The first-order chi connectivity index (χ1) is 10.6. The molecule has 3 aliphatic heterocycles. The summed E-state index contributed by atoms with van der Waals surface area (Å²) in [6.45, 7) is 0.800. The highest BCUT2D eigenvalue weighted by molar-refractivity contribution is 6.22. The topological polar surface area (TPSA) is 93.9 Å². The molecule has 0 aromatic heterocycles. The quantitative estimate of drug-likeness (QED) is 0.757. The van der Waals surface area contributed by atoms with Crippen molar-refractivity contribution in [3.8, 4) is 11.8 Å². The van der Waals surface area contributed by atoms with Gasteiger partial charge in [-0.25, -0.2) is 9.69 Å². The lowest BCUT2D eigenvalue weighted by Gasteiger charge is -2.18. The van der Waals surface area contributed by atoms with Gasteiger partial charge < -0.3 is 14.7 Å². The Morgan fingerprint density at radius 3 is 2.91 bits per heavy atom. The van der Waals surface area contributed by atoms with Crippen molar-refractivity contribution in [1.82, 2.24) is 4.90 Å². The molecule has 0 radical (unpaired) electrons. The van der Waals surface area contributed by atoms with Crippen LogP contribution in [0.2, 0.25) is 0 Å². The van der Waals surface area contributed by atoms with Crippen molar-refractivity contribution < 1.29 is 19.4 Å². The van der Waals surface area contributed by atoms with E-state index in [1.54, 1.807) is 12.1 Å². The normalized spacial score (nSPS) is 26.0. The molecule has 2 atom stereocenters. The predicted octanol–water partition coefficient (Wildman–Crippen LogP) is 0.395. The van der Waals surface area contributed by atoms with E-state index in [4.69, 9.17) is 10.00 Å².